The van der Waals surface area contributed by atoms with Gasteiger partial charge in [0.25, 0.3) is 5.91 Å². The Kier molecular flexibility index (Phi) is 5.82. The monoisotopic (exact) mass is 314 g/mol. The first-order valence-electron chi connectivity index (χ1n) is 7.04. The molecule has 1 heterocycles. The maximum absolute atomic E-state index is 12.1. The summed E-state index contributed by atoms with van der Waals surface area (Å²) in [7, 11) is 2.92. The molecule has 0 aliphatic rings. The van der Waals surface area contributed by atoms with Gasteiger partial charge in [0.15, 0.2) is 0 Å². The summed E-state index contributed by atoms with van der Waals surface area (Å²) in [6.07, 6.45) is 1.32. The molecule has 6 nitrogen and oxygen atoms in total. The lowest BCUT2D eigenvalue weighted by Gasteiger charge is -2.10. The summed E-state index contributed by atoms with van der Waals surface area (Å²) in [6.45, 7) is 0.858. The number of esters is 1. The predicted octanol–water partition coefficient (Wildman–Crippen LogP) is 1.94. The van der Waals surface area contributed by atoms with Crippen LogP contribution in [0.1, 0.15) is 32.0 Å². The molecule has 0 aliphatic carbocycles. The summed E-state index contributed by atoms with van der Waals surface area (Å²) in [5.74, 6) is -0.799. The topological polar surface area (TPSA) is 77.5 Å². The van der Waals surface area contributed by atoms with Gasteiger partial charge in [0, 0.05) is 19.9 Å². The van der Waals surface area contributed by atoms with E-state index in [-0.39, 0.29) is 11.6 Å². The molecule has 2 aromatic rings. The third-order valence-corrected chi connectivity index (χ3v) is 3.27. The molecule has 0 radical (unpaired) electrons. The number of pyridine rings is 1. The summed E-state index contributed by atoms with van der Waals surface area (Å²) in [4.78, 5) is 27.4. The van der Waals surface area contributed by atoms with Gasteiger partial charge in [0.1, 0.15) is 5.69 Å². The highest BCUT2D eigenvalue weighted by Crippen LogP contribution is 2.10. The number of amides is 1. The van der Waals surface area contributed by atoms with Crippen LogP contribution in [0, 0.1) is 0 Å². The fourth-order valence-electron chi connectivity index (χ4n) is 2.06. The maximum atomic E-state index is 12.1. The van der Waals surface area contributed by atoms with Crippen LogP contribution in [-0.4, -0.2) is 31.1 Å². The van der Waals surface area contributed by atoms with Gasteiger partial charge in [-0.05, 0) is 23.3 Å². The normalized spacial score (nSPS) is 10.2. The lowest BCUT2D eigenvalue weighted by atomic mass is 10.1. The molecule has 0 atom stereocenters. The quantitative estimate of drug-likeness (QED) is 0.825. The number of aromatic nitrogens is 1. The van der Waals surface area contributed by atoms with Gasteiger partial charge >= 0.3 is 5.97 Å². The molecule has 0 fully saturated rings. The summed E-state index contributed by atoms with van der Waals surface area (Å²) >= 11 is 0. The van der Waals surface area contributed by atoms with E-state index in [2.05, 4.69) is 15.0 Å². The molecule has 0 aliphatic heterocycles. The minimum absolute atomic E-state index is 0.238. The highest BCUT2D eigenvalue weighted by Gasteiger charge is 2.11. The predicted molar refractivity (Wildman–Crippen MR) is 83.9 cm³/mol. The first-order valence-corrected chi connectivity index (χ1v) is 7.04. The number of hydrogen-bond donors (Lipinski definition) is 1. The van der Waals surface area contributed by atoms with Crippen LogP contribution in [0.5, 0.6) is 0 Å². The van der Waals surface area contributed by atoms with Crippen LogP contribution in [0.15, 0.2) is 42.6 Å². The van der Waals surface area contributed by atoms with Crippen LogP contribution in [0.2, 0.25) is 0 Å². The molecular formula is C17H18N2O4. The number of hydrogen-bond acceptors (Lipinski definition) is 5. The van der Waals surface area contributed by atoms with Gasteiger partial charge in [-0.2, -0.15) is 0 Å². The van der Waals surface area contributed by atoms with Crippen molar-refractivity contribution in [1.82, 2.24) is 10.3 Å². The first kappa shape index (κ1) is 16.6. The van der Waals surface area contributed by atoms with Gasteiger partial charge < -0.3 is 14.8 Å². The van der Waals surface area contributed by atoms with Crippen molar-refractivity contribution in [3.8, 4) is 0 Å². The molecule has 0 spiro atoms. The van der Waals surface area contributed by atoms with Crippen LogP contribution in [0.4, 0.5) is 0 Å². The molecule has 0 unspecified atom stereocenters. The van der Waals surface area contributed by atoms with Gasteiger partial charge in [-0.15, -0.1) is 0 Å². The molecule has 120 valence electrons. The molecule has 0 saturated heterocycles. The number of nitrogens with one attached hydrogen (secondary N) is 1. The van der Waals surface area contributed by atoms with Crippen LogP contribution < -0.4 is 5.32 Å². The van der Waals surface area contributed by atoms with Gasteiger partial charge in [-0.3, -0.25) is 9.78 Å². The second-order valence-electron chi connectivity index (χ2n) is 4.81. The van der Waals surface area contributed by atoms with E-state index in [1.807, 2.05) is 24.3 Å². The van der Waals surface area contributed by atoms with Crippen molar-refractivity contribution in [3.05, 3.63) is 65.0 Å². The van der Waals surface area contributed by atoms with E-state index in [9.17, 15) is 9.59 Å². The lowest BCUT2D eigenvalue weighted by molar-refractivity contribution is 0.0599. The third-order valence-electron chi connectivity index (χ3n) is 3.27. The van der Waals surface area contributed by atoms with Gasteiger partial charge in [0.2, 0.25) is 0 Å². The van der Waals surface area contributed by atoms with E-state index < -0.39 is 5.97 Å². The van der Waals surface area contributed by atoms with Crippen molar-refractivity contribution in [2.75, 3.05) is 14.2 Å². The first-order chi connectivity index (χ1) is 11.2. The number of carbonyl (C=O) groups is 2. The van der Waals surface area contributed by atoms with Crippen molar-refractivity contribution in [1.29, 1.82) is 0 Å². The van der Waals surface area contributed by atoms with Crippen molar-refractivity contribution < 1.29 is 19.1 Å². The summed E-state index contributed by atoms with van der Waals surface area (Å²) in [6, 6.07) is 10.7. The SMILES string of the molecule is COCc1ccccc1CNC(=O)c1ccc(C(=O)OC)cn1. The summed E-state index contributed by atoms with van der Waals surface area (Å²) in [5.41, 5.74) is 2.54. The standard InChI is InChI=1S/C17H18N2O4/c1-22-11-14-6-4-3-5-12(14)9-19-16(20)15-8-7-13(10-18-15)17(21)23-2/h3-8,10H,9,11H2,1-2H3,(H,19,20). The van der Waals surface area contributed by atoms with E-state index in [4.69, 9.17) is 4.74 Å². The minimum Gasteiger partial charge on any atom is -0.465 e. The zero-order chi connectivity index (χ0) is 16.7. The molecule has 1 amide bonds. The summed E-state index contributed by atoms with van der Waals surface area (Å²) < 4.78 is 9.72. The largest absolute Gasteiger partial charge is 0.465 e. The van der Waals surface area contributed by atoms with Gasteiger partial charge in [-0.1, -0.05) is 24.3 Å². The number of carbonyl (C=O) groups excluding carboxylic acids is 2. The molecule has 1 aromatic carbocycles. The Morgan fingerprint density at radius 2 is 1.83 bits per heavy atom. The number of benzene rings is 1. The van der Waals surface area contributed by atoms with Crippen molar-refractivity contribution >= 4 is 11.9 Å². The van der Waals surface area contributed by atoms with Crippen molar-refractivity contribution in [2.45, 2.75) is 13.2 Å². The van der Waals surface area contributed by atoms with Crippen LogP contribution >= 0.6 is 0 Å². The highest BCUT2D eigenvalue weighted by atomic mass is 16.5. The second kappa shape index (κ2) is 8.05. The van der Waals surface area contributed by atoms with Gasteiger partial charge in [-0.25, -0.2) is 4.79 Å². The highest BCUT2D eigenvalue weighted by molar-refractivity contribution is 5.94. The van der Waals surface area contributed by atoms with Crippen LogP contribution in [0.25, 0.3) is 0 Å². The van der Waals surface area contributed by atoms with E-state index in [0.29, 0.717) is 18.7 Å². The van der Waals surface area contributed by atoms with E-state index in [0.717, 1.165) is 11.1 Å². The van der Waals surface area contributed by atoms with Crippen molar-refractivity contribution in [3.63, 3.8) is 0 Å². The molecule has 1 aromatic heterocycles. The number of rotatable bonds is 6. The van der Waals surface area contributed by atoms with E-state index >= 15 is 0 Å². The smallest absolute Gasteiger partial charge is 0.339 e. The Labute approximate surface area is 134 Å². The Hall–Kier alpha value is -2.73. The average molecular weight is 314 g/mol. The average Bonchev–Trinajstić information content (AvgIpc) is 2.60. The number of nitrogens with zero attached hydrogens (tertiary/aromatic N) is 1. The maximum Gasteiger partial charge on any atom is 0.339 e. The van der Waals surface area contributed by atoms with E-state index in [1.54, 1.807) is 7.11 Å². The molecule has 0 bridgehead atoms. The summed E-state index contributed by atoms with van der Waals surface area (Å²) in [5, 5.41) is 2.80. The fraction of sp³-hybridized carbons (Fsp3) is 0.235. The number of ether oxygens (including phenoxy) is 2. The Balaban J connectivity index is 2.01. The molecule has 0 saturated carbocycles. The molecule has 23 heavy (non-hydrogen) atoms. The molecule has 6 heteroatoms. The van der Waals surface area contributed by atoms with Crippen molar-refractivity contribution in [2.24, 2.45) is 0 Å². The lowest BCUT2D eigenvalue weighted by Crippen LogP contribution is -2.24. The zero-order valence-corrected chi connectivity index (χ0v) is 13.0. The molecule has 2 rings (SSSR count). The minimum atomic E-state index is -0.488. The molecular weight excluding hydrogens is 296 g/mol. The van der Waals surface area contributed by atoms with Crippen LogP contribution in [0.3, 0.4) is 0 Å². The van der Waals surface area contributed by atoms with E-state index in [1.165, 1.54) is 25.4 Å². The zero-order valence-electron chi connectivity index (χ0n) is 13.0. The number of methoxy groups -OCH3 is 2. The fourth-order valence-corrected chi connectivity index (χ4v) is 2.06. The molecule has 1 N–H and O–H groups in total. The second-order valence-corrected chi connectivity index (χ2v) is 4.81. The Morgan fingerprint density at radius 1 is 1.09 bits per heavy atom. The third kappa shape index (κ3) is 4.37. The van der Waals surface area contributed by atoms with Gasteiger partial charge in [0.05, 0.1) is 19.3 Å². The Bertz CT molecular complexity index is 683. The Morgan fingerprint density at radius 3 is 2.43 bits per heavy atom. The van der Waals surface area contributed by atoms with Crippen LogP contribution in [-0.2, 0) is 22.6 Å².